The largest absolute Gasteiger partial charge is 0.385 e. The molecule has 0 aliphatic heterocycles. The summed E-state index contributed by atoms with van der Waals surface area (Å²) in [5.41, 5.74) is -0.856. The van der Waals surface area contributed by atoms with Gasteiger partial charge in [0.25, 0.3) is 0 Å². The zero-order valence-electron chi connectivity index (χ0n) is 12.1. The second-order valence-electron chi connectivity index (χ2n) is 4.85. The van der Waals surface area contributed by atoms with E-state index in [2.05, 4.69) is 11.4 Å². The lowest BCUT2D eigenvalue weighted by molar-refractivity contribution is -0.129. The molecular formula is C14H26N2O2. The number of nitrogens with zero attached hydrogens (tertiary/aromatic N) is 1. The van der Waals surface area contributed by atoms with E-state index < -0.39 is 5.41 Å². The van der Waals surface area contributed by atoms with Gasteiger partial charge < -0.3 is 10.1 Å². The van der Waals surface area contributed by atoms with Crippen LogP contribution in [0.4, 0.5) is 0 Å². The maximum Gasteiger partial charge on any atom is 0.240 e. The number of nitriles is 1. The van der Waals surface area contributed by atoms with E-state index in [0.717, 1.165) is 19.3 Å². The molecule has 104 valence electrons. The topological polar surface area (TPSA) is 62.1 Å². The van der Waals surface area contributed by atoms with Crippen molar-refractivity contribution in [2.75, 3.05) is 13.7 Å². The van der Waals surface area contributed by atoms with Gasteiger partial charge >= 0.3 is 0 Å². The van der Waals surface area contributed by atoms with Crippen molar-refractivity contribution in [1.29, 1.82) is 5.26 Å². The number of nitrogens with one attached hydrogen (secondary N) is 1. The van der Waals surface area contributed by atoms with E-state index in [1.54, 1.807) is 7.11 Å². The van der Waals surface area contributed by atoms with Crippen molar-refractivity contribution in [2.24, 2.45) is 5.41 Å². The molecule has 1 amide bonds. The molecule has 0 fully saturated rings. The van der Waals surface area contributed by atoms with Crippen LogP contribution >= 0.6 is 0 Å². The Labute approximate surface area is 111 Å². The fraction of sp³-hybridized carbons (Fsp3) is 0.857. The molecule has 0 spiro atoms. The van der Waals surface area contributed by atoms with Gasteiger partial charge in [0.15, 0.2) is 0 Å². The molecule has 0 radical (unpaired) electrons. The maximum absolute atomic E-state index is 12.3. The quantitative estimate of drug-likeness (QED) is 0.688. The van der Waals surface area contributed by atoms with Crippen LogP contribution in [-0.4, -0.2) is 25.7 Å². The van der Waals surface area contributed by atoms with Crippen molar-refractivity contribution in [3.8, 4) is 6.07 Å². The average Bonchev–Trinajstić information content (AvgIpc) is 2.35. The molecule has 0 heterocycles. The van der Waals surface area contributed by atoms with Gasteiger partial charge in [-0.25, -0.2) is 0 Å². The molecule has 0 aromatic rings. The minimum absolute atomic E-state index is 0.0406. The Morgan fingerprint density at radius 1 is 1.39 bits per heavy atom. The summed E-state index contributed by atoms with van der Waals surface area (Å²) in [6, 6.07) is 2.28. The minimum atomic E-state index is -0.856. The van der Waals surface area contributed by atoms with Gasteiger partial charge in [0.2, 0.25) is 5.91 Å². The Morgan fingerprint density at radius 3 is 2.33 bits per heavy atom. The Morgan fingerprint density at radius 2 is 1.94 bits per heavy atom. The standard InChI is InChI=1S/C14H26N2O2/c1-5-8-14(11-15,9-6-2)13(17)16-12(3)7-10-18-4/h12H,5-10H2,1-4H3,(H,16,17). The fourth-order valence-corrected chi connectivity index (χ4v) is 2.10. The van der Waals surface area contributed by atoms with Crippen LogP contribution in [0, 0.1) is 16.7 Å². The first-order valence-electron chi connectivity index (χ1n) is 6.77. The highest BCUT2D eigenvalue weighted by atomic mass is 16.5. The number of hydrogen-bond donors (Lipinski definition) is 1. The van der Waals surface area contributed by atoms with Crippen LogP contribution in [-0.2, 0) is 9.53 Å². The van der Waals surface area contributed by atoms with Crippen molar-refractivity contribution in [3.63, 3.8) is 0 Å². The number of amides is 1. The SMILES string of the molecule is CCCC(C#N)(CCC)C(=O)NC(C)CCOC. The molecule has 1 unspecified atom stereocenters. The smallest absolute Gasteiger partial charge is 0.240 e. The van der Waals surface area contributed by atoms with Gasteiger partial charge in [0.1, 0.15) is 5.41 Å². The van der Waals surface area contributed by atoms with E-state index in [4.69, 9.17) is 4.74 Å². The Bertz CT molecular complexity index is 278. The van der Waals surface area contributed by atoms with Crippen molar-refractivity contribution < 1.29 is 9.53 Å². The van der Waals surface area contributed by atoms with Crippen LogP contribution in [0.25, 0.3) is 0 Å². The first-order valence-corrected chi connectivity index (χ1v) is 6.77. The maximum atomic E-state index is 12.3. The second-order valence-corrected chi connectivity index (χ2v) is 4.85. The molecule has 0 aliphatic carbocycles. The summed E-state index contributed by atoms with van der Waals surface area (Å²) >= 11 is 0. The van der Waals surface area contributed by atoms with E-state index in [0.29, 0.717) is 19.4 Å². The summed E-state index contributed by atoms with van der Waals surface area (Å²) < 4.78 is 4.98. The number of rotatable bonds is 9. The summed E-state index contributed by atoms with van der Waals surface area (Å²) in [7, 11) is 1.64. The number of ether oxygens (including phenoxy) is 1. The van der Waals surface area contributed by atoms with E-state index in [9.17, 15) is 10.1 Å². The van der Waals surface area contributed by atoms with E-state index in [1.807, 2.05) is 20.8 Å². The molecule has 4 nitrogen and oxygen atoms in total. The van der Waals surface area contributed by atoms with Crippen LogP contribution in [0.1, 0.15) is 52.9 Å². The van der Waals surface area contributed by atoms with Gasteiger partial charge in [-0.3, -0.25) is 4.79 Å². The molecule has 0 saturated carbocycles. The monoisotopic (exact) mass is 254 g/mol. The molecule has 0 bridgehead atoms. The first kappa shape index (κ1) is 16.9. The van der Waals surface area contributed by atoms with Gasteiger partial charge in [-0.15, -0.1) is 0 Å². The Kier molecular flexibility index (Phi) is 8.40. The van der Waals surface area contributed by atoms with E-state index in [-0.39, 0.29) is 11.9 Å². The third kappa shape index (κ3) is 5.05. The predicted molar refractivity (Wildman–Crippen MR) is 72.0 cm³/mol. The van der Waals surface area contributed by atoms with Crippen LogP contribution in [0.2, 0.25) is 0 Å². The lowest BCUT2D eigenvalue weighted by Gasteiger charge is -2.26. The lowest BCUT2D eigenvalue weighted by atomic mass is 9.79. The van der Waals surface area contributed by atoms with Gasteiger partial charge in [-0.1, -0.05) is 26.7 Å². The van der Waals surface area contributed by atoms with Gasteiger partial charge in [-0.05, 0) is 26.2 Å². The Balaban J connectivity index is 4.60. The molecular weight excluding hydrogens is 228 g/mol. The minimum Gasteiger partial charge on any atom is -0.385 e. The molecule has 4 heteroatoms. The molecule has 0 rings (SSSR count). The van der Waals surface area contributed by atoms with Crippen molar-refractivity contribution in [1.82, 2.24) is 5.32 Å². The third-order valence-electron chi connectivity index (χ3n) is 3.13. The van der Waals surface area contributed by atoms with E-state index >= 15 is 0 Å². The van der Waals surface area contributed by atoms with Crippen LogP contribution < -0.4 is 5.32 Å². The summed E-state index contributed by atoms with van der Waals surface area (Å²) in [4.78, 5) is 12.3. The summed E-state index contributed by atoms with van der Waals surface area (Å²) in [5.74, 6) is -0.127. The number of hydrogen-bond acceptors (Lipinski definition) is 3. The highest BCUT2D eigenvalue weighted by Crippen LogP contribution is 2.29. The highest BCUT2D eigenvalue weighted by molar-refractivity contribution is 5.85. The van der Waals surface area contributed by atoms with E-state index in [1.165, 1.54) is 0 Å². The van der Waals surface area contributed by atoms with Crippen LogP contribution in [0.3, 0.4) is 0 Å². The van der Waals surface area contributed by atoms with Crippen molar-refractivity contribution in [2.45, 2.75) is 58.9 Å². The number of methoxy groups -OCH3 is 1. The summed E-state index contributed by atoms with van der Waals surface area (Å²) in [5, 5.41) is 12.3. The van der Waals surface area contributed by atoms with Crippen molar-refractivity contribution >= 4 is 5.91 Å². The fourth-order valence-electron chi connectivity index (χ4n) is 2.10. The second kappa shape index (κ2) is 8.93. The zero-order valence-corrected chi connectivity index (χ0v) is 12.1. The molecule has 1 atom stereocenters. The normalized spacial score (nSPS) is 12.8. The number of carbonyl (C=O) groups excluding carboxylic acids is 1. The molecule has 0 saturated heterocycles. The molecule has 1 N–H and O–H groups in total. The first-order chi connectivity index (χ1) is 8.56. The number of carbonyl (C=O) groups is 1. The van der Waals surface area contributed by atoms with Crippen LogP contribution in [0.5, 0.6) is 0 Å². The van der Waals surface area contributed by atoms with Gasteiger partial charge in [0, 0.05) is 19.8 Å². The van der Waals surface area contributed by atoms with Gasteiger partial charge in [-0.2, -0.15) is 5.26 Å². The molecule has 0 aromatic heterocycles. The summed E-state index contributed by atoms with van der Waals surface area (Å²) in [6.07, 6.45) is 3.70. The average molecular weight is 254 g/mol. The zero-order chi connectivity index (χ0) is 14.0. The van der Waals surface area contributed by atoms with Crippen LogP contribution in [0.15, 0.2) is 0 Å². The lowest BCUT2D eigenvalue weighted by Crippen LogP contribution is -2.44. The van der Waals surface area contributed by atoms with Gasteiger partial charge in [0.05, 0.1) is 6.07 Å². The highest BCUT2D eigenvalue weighted by Gasteiger charge is 2.37. The van der Waals surface area contributed by atoms with Crippen molar-refractivity contribution in [3.05, 3.63) is 0 Å². The third-order valence-corrected chi connectivity index (χ3v) is 3.13. The molecule has 18 heavy (non-hydrogen) atoms. The summed E-state index contributed by atoms with van der Waals surface area (Å²) in [6.45, 7) is 6.56. The predicted octanol–water partition coefficient (Wildman–Crippen LogP) is 2.64. The molecule has 0 aliphatic rings. The molecule has 0 aromatic carbocycles. The Hall–Kier alpha value is -1.08.